The van der Waals surface area contributed by atoms with Crippen LogP contribution >= 0.6 is 0 Å². The maximum atomic E-state index is 13.7. The highest BCUT2D eigenvalue weighted by Crippen LogP contribution is 2.39. The fourth-order valence-electron chi connectivity index (χ4n) is 5.12. The monoisotopic (exact) mass is 479 g/mol. The number of halogens is 4. The normalized spacial score (nSPS) is 20.8. The average molecular weight is 480 g/mol. The number of hydrogen-bond acceptors (Lipinski definition) is 4. The van der Waals surface area contributed by atoms with Crippen molar-refractivity contribution in [1.29, 1.82) is 0 Å². The summed E-state index contributed by atoms with van der Waals surface area (Å²) in [7, 11) is 1.69. The first-order chi connectivity index (χ1) is 16.1. The number of aromatic nitrogens is 3. The summed E-state index contributed by atoms with van der Waals surface area (Å²) in [6, 6.07) is 3.83. The van der Waals surface area contributed by atoms with Gasteiger partial charge in [-0.05, 0) is 37.5 Å². The first-order valence-electron chi connectivity index (χ1n) is 11.5. The molecule has 184 valence electrons. The van der Waals surface area contributed by atoms with Gasteiger partial charge < -0.3 is 9.47 Å². The van der Waals surface area contributed by atoms with Gasteiger partial charge in [0.15, 0.2) is 0 Å². The molecule has 0 radical (unpaired) electrons. The zero-order valence-corrected chi connectivity index (χ0v) is 19.7. The molecule has 0 bridgehead atoms. The molecule has 1 aliphatic rings. The lowest BCUT2D eigenvalue weighted by molar-refractivity contribution is -0.139. The van der Waals surface area contributed by atoms with Crippen molar-refractivity contribution in [2.75, 3.05) is 18.0 Å². The van der Waals surface area contributed by atoms with Gasteiger partial charge in [-0.1, -0.05) is 19.9 Å². The molecule has 0 saturated carbocycles. The molecule has 10 heteroatoms. The lowest BCUT2D eigenvalue weighted by Crippen LogP contribution is -2.59. The summed E-state index contributed by atoms with van der Waals surface area (Å²) in [6.45, 7) is 6.81. The van der Waals surface area contributed by atoms with Crippen molar-refractivity contribution in [3.05, 3.63) is 57.8 Å². The van der Waals surface area contributed by atoms with Crippen molar-refractivity contribution in [2.45, 2.75) is 57.9 Å². The zero-order chi connectivity index (χ0) is 24.8. The Morgan fingerprint density at radius 1 is 1.15 bits per heavy atom. The summed E-state index contributed by atoms with van der Waals surface area (Å²) in [6.07, 6.45) is -1.52. The Bertz CT molecular complexity index is 1230. The number of nitrogens with one attached hydrogen (secondary N) is 1. The van der Waals surface area contributed by atoms with E-state index in [1.807, 2.05) is 13.8 Å². The van der Waals surface area contributed by atoms with Crippen molar-refractivity contribution >= 4 is 16.7 Å². The van der Waals surface area contributed by atoms with Gasteiger partial charge in [-0.25, -0.2) is 4.39 Å². The van der Waals surface area contributed by atoms with Crippen LogP contribution in [0.3, 0.4) is 0 Å². The summed E-state index contributed by atoms with van der Waals surface area (Å²) in [4.78, 5) is 16.8. The molecule has 1 fully saturated rings. The van der Waals surface area contributed by atoms with Crippen LogP contribution in [0.4, 0.5) is 23.2 Å². The highest BCUT2D eigenvalue weighted by molar-refractivity contribution is 5.88. The van der Waals surface area contributed by atoms with E-state index in [-0.39, 0.29) is 23.2 Å². The van der Waals surface area contributed by atoms with Crippen molar-refractivity contribution in [2.24, 2.45) is 7.05 Å². The van der Waals surface area contributed by atoms with Crippen LogP contribution in [0.15, 0.2) is 35.3 Å². The van der Waals surface area contributed by atoms with Gasteiger partial charge in [0.1, 0.15) is 11.3 Å². The minimum atomic E-state index is -4.64. The van der Waals surface area contributed by atoms with E-state index in [0.717, 1.165) is 18.2 Å². The number of aromatic amines is 1. The number of rotatable bonds is 5. The summed E-state index contributed by atoms with van der Waals surface area (Å²) < 4.78 is 56.4. The molecule has 6 nitrogen and oxygen atoms in total. The SMILES string of the molecule is CC[C@H]1CN(C(C)c2ccc(F)cc2C(F)(F)F)[C@H](CC)CN1c1cc(=O)n(C)c2c[nH]nc12. The molecule has 0 spiro atoms. The quantitative estimate of drug-likeness (QED) is 0.531. The van der Waals surface area contributed by atoms with Crippen LogP contribution in [0.1, 0.15) is 50.8 Å². The van der Waals surface area contributed by atoms with E-state index in [4.69, 9.17) is 0 Å². The van der Waals surface area contributed by atoms with E-state index < -0.39 is 23.6 Å². The average Bonchev–Trinajstić information content (AvgIpc) is 3.30. The second-order valence-corrected chi connectivity index (χ2v) is 8.92. The van der Waals surface area contributed by atoms with E-state index in [0.29, 0.717) is 36.6 Å². The molecular formula is C24H29F4N5O. The number of alkyl halides is 3. The van der Waals surface area contributed by atoms with Crippen LogP contribution in [0.2, 0.25) is 0 Å². The van der Waals surface area contributed by atoms with E-state index in [1.165, 1.54) is 10.6 Å². The van der Waals surface area contributed by atoms with Crippen molar-refractivity contribution in [3.63, 3.8) is 0 Å². The maximum absolute atomic E-state index is 13.7. The van der Waals surface area contributed by atoms with Crippen LogP contribution in [-0.2, 0) is 13.2 Å². The first kappa shape index (κ1) is 24.3. The van der Waals surface area contributed by atoms with E-state index >= 15 is 0 Å². The van der Waals surface area contributed by atoms with E-state index in [2.05, 4.69) is 20.0 Å². The van der Waals surface area contributed by atoms with Crippen LogP contribution in [0.25, 0.3) is 11.0 Å². The number of piperazine rings is 1. The van der Waals surface area contributed by atoms with E-state index in [9.17, 15) is 22.4 Å². The van der Waals surface area contributed by atoms with Gasteiger partial charge in [0.05, 0.1) is 16.8 Å². The molecule has 2 aromatic heterocycles. The molecule has 3 atom stereocenters. The maximum Gasteiger partial charge on any atom is 0.416 e. The Balaban J connectivity index is 1.72. The van der Waals surface area contributed by atoms with Gasteiger partial charge in [0.2, 0.25) is 0 Å². The van der Waals surface area contributed by atoms with Crippen molar-refractivity contribution < 1.29 is 17.6 Å². The molecule has 1 N–H and O–H groups in total. The number of benzene rings is 1. The van der Waals surface area contributed by atoms with Crippen LogP contribution in [-0.4, -0.2) is 44.8 Å². The predicted molar refractivity (Wildman–Crippen MR) is 123 cm³/mol. The predicted octanol–water partition coefficient (Wildman–Crippen LogP) is 4.86. The highest BCUT2D eigenvalue weighted by atomic mass is 19.4. The van der Waals surface area contributed by atoms with Crippen molar-refractivity contribution in [3.8, 4) is 0 Å². The van der Waals surface area contributed by atoms with Gasteiger partial charge in [0.25, 0.3) is 5.56 Å². The molecule has 1 aliphatic heterocycles. The second-order valence-electron chi connectivity index (χ2n) is 8.92. The molecular weight excluding hydrogens is 450 g/mol. The molecule has 0 aliphatic carbocycles. The molecule has 3 aromatic rings. The topological polar surface area (TPSA) is 57.2 Å². The second kappa shape index (κ2) is 9.05. The lowest BCUT2D eigenvalue weighted by Gasteiger charge is -2.49. The summed E-state index contributed by atoms with van der Waals surface area (Å²) in [5.74, 6) is -0.903. The summed E-state index contributed by atoms with van der Waals surface area (Å²) in [5.41, 5.74) is 1.10. The van der Waals surface area contributed by atoms with Crippen LogP contribution in [0.5, 0.6) is 0 Å². The van der Waals surface area contributed by atoms with Crippen LogP contribution in [0, 0.1) is 5.82 Å². The van der Waals surface area contributed by atoms with Gasteiger partial charge in [-0.15, -0.1) is 0 Å². The Labute approximate surface area is 195 Å². The molecule has 3 heterocycles. The molecule has 4 rings (SSSR count). The fourth-order valence-corrected chi connectivity index (χ4v) is 5.12. The molecule has 0 amide bonds. The van der Waals surface area contributed by atoms with Gasteiger partial charge in [0, 0.05) is 50.5 Å². The molecule has 1 aromatic carbocycles. The number of anilines is 1. The number of fused-ring (bicyclic) bond motifs is 1. The smallest absolute Gasteiger partial charge is 0.364 e. The molecule has 34 heavy (non-hydrogen) atoms. The third kappa shape index (κ3) is 4.19. The van der Waals surface area contributed by atoms with Gasteiger partial charge in [-0.3, -0.25) is 14.8 Å². The minimum Gasteiger partial charge on any atom is -0.364 e. The van der Waals surface area contributed by atoms with Crippen molar-refractivity contribution in [1.82, 2.24) is 19.7 Å². The minimum absolute atomic E-state index is 0.0351. The Kier molecular flexibility index (Phi) is 6.46. The van der Waals surface area contributed by atoms with Crippen LogP contribution < -0.4 is 10.5 Å². The van der Waals surface area contributed by atoms with Gasteiger partial charge in [-0.2, -0.15) is 18.3 Å². The Morgan fingerprint density at radius 2 is 1.85 bits per heavy atom. The molecule has 1 saturated heterocycles. The zero-order valence-electron chi connectivity index (χ0n) is 19.7. The third-order valence-corrected chi connectivity index (χ3v) is 7.07. The standard InChI is InChI=1S/C24H29F4N5O/c1-5-16-13-33(20-10-22(34)31(4)21-11-29-30-23(20)21)17(6-2)12-32(16)14(3)18-8-7-15(25)9-19(18)24(26,27)28/h7-11,14,16-17H,5-6,12-13H2,1-4H3,(H,29,30)/t14?,16-,17+/m1/s1. The molecule has 1 unspecified atom stereocenters. The number of aryl methyl sites for hydroxylation is 1. The number of pyridine rings is 1. The number of hydrogen-bond donors (Lipinski definition) is 1. The number of nitrogens with zero attached hydrogens (tertiary/aromatic N) is 4. The first-order valence-corrected chi connectivity index (χ1v) is 11.5. The Morgan fingerprint density at radius 3 is 2.50 bits per heavy atom. The largest absolute Gasteiger partial charge is 0.416 e. The third-order valence-electron chi connectivity index (χ3n) is 7.07. The Hall–Kier alpha value is -2.88. The highest BCUT2D eigenvalue weighted by Gasteiger charge is 2.40. The number of H-pyrrole nitrogens is 1. The lowest BCUT2D eigenvalue weighted by atomic mass is 9.94. The summed E-state index contributed by atoms with van der Waals surface area (Å²) >= 11 is 0. The van der Waals surface area contributed by atoms with Gasteiger partial charge >= 0.3 is 6.18 Å². The summed E-state index contributed by atoms with van der Waals surface area (Å²) in [5, 5.41) is 7.20. The van der Waals surface area contributed by atoms with E-state index in [1.54, 1.807) is 26.2 Å². The fraction of sp³-hybridized carbons (Fsp3) is 0.500.